The second kappa shape index (κ2) is 4.97. The van der Waals surface area contributed by atoms with Crippen molar-refractivity contribution in [2.24, 2.45) is 0 Å². The van der Waals surface area contributed by atoms with Crippen molar-refractivity contribution in [1.82, 2.24) is 4.98 Å². The Hall–Kier alpha value is -1.88. The molecule has 1 amide bonds. The monoisotopic (exact) mass is 292 g/mol. The quantitative estimate of drug-likeness (QED) is 0.895. The first-order valence-electron chi connectivity index (χ1n) is 4.88. The van der Waals surface area contributed by atoms with Gasteiger partial charge in [0.05, 0.1) is 0 Å². The number of aromatic hydroxyl groups is 1. The molecule has 0 fully saturated rings. The van der Waals surface area contributed by atoms with Gasteiger partial charge < -0.3 is 10.4 Å². The lowest BCUT2D eigenvalue weighted by atomic mass is 10.2. The van der Waals surface area contributed by atoms with E-state index in [2.05, 4.69) is 26.2 Å². The van der Waals surface area contributed by atoms with Gasteiger partial charge in [0.2, 0.25) is 0 Å². The zero-order valence-electron chi connectivity index (χ0n) is 8.72. The Morgan fingerprint density at radius 3 is 2.65 bits per heavy atom. The molecule has 0 saturated heterocycles. The first-order chi connectivity index (χ1) is 8.16. The highest BCUT2D eigenvalue weighted by Gasteiger charge is 2.09. The van der Waals surface area contributed by atoms with Crippen LogP contribution in [0.4, 0.5) is 5.82 Å². The third-order valence-electron chi connectivity index (χ3n) is 2.10. The second-order valence-electron chi connectivity index (χ2n) is 3.34. The molecule has 1 aromatic heterocycles. The van der Waals surface area contributed by atoms with Crippen LogP contribution < -0.4 is 5.32 Å². The number of amides is 1. The zero-order valence-corrected chi connectivity index (χ0v) is 10.3. The fourth-order valence-electron chi connectivity index (χ4n) is 1.29. The molecule has 4 nitrogen and oxygen atoms in total. The van der Waals surface area contributed by atoms with Crippen LogP contribution >= 0.6 is 15.9 Å². The number of hydrogen-bond donors (Lipinski definition) is 2. The van der Waals surface area contributed by atoms with Gasteiger partial charge in [0, 0.05) is 16.2 Å². The van der Waals surface area contributed by atoms with Gasteiger partial charge >= 0.3 is 0 Å². The van der Waals surface area contributed by atoms with Gasteiger partial charge in [-0.3, -0.25) is 4.79 Å². The van der Waals surface area contributed by atoms with E-state index >= 15 is 0 Å². The van der Waals surface area contributed by atoms with E-state index in [4.69, 9.17) is 0 Å². The average molecular weight is 293 g/mol. The predicted molar refractivity (Wildman–Crippen MR) is 68.0 cm³/mol. The Balaban J connectivity index is 2.19. The molecule has 0 aliphatic rings. The van der Waals surface area contributed by atoms with Crippen molar-refractivity contribution in [1.29, 1.82) is 0 Å². The molecule has 0 spiro atoms. The Morgan fingerprint density at radius 1 is 1.29 bits per heavy atom. The van der Waals surface area contributed by atoms with Crippen molar-refractivity contribution >= 4 is 27.7 Å². The summed E-state index contributed by atoms with van der Waals surface area (Å²) in [5.41, 5.74) is 0.511. The lowest BCUT2D eigenvalue weighted by Gasteiger charge is -2.06. The summed E-state index contributed by atoms with van der Waals surface area (Å²) in [7, 11) is 0. The van der Waals surface area contributed by atoms with Gasteiger partial charge in [-0.1, -0.05) is 18.2 Å². The van der Waals surface area contributed by atoms with Gasteiger partial charge in [-0.05, 0) is 34.1 Å². The minimum atomic E-state index is -0.310. The first-order valence-corrected chi connectivity index (χ1v) is 5.67. The van der Waals surface area contributed by atoms with Gasteiger partial charge in [0.15, 0.2) is 11.6 Å². The van der Waals surface area contributed by atoms with Crippen LogP contribution in [0.25, 0.3) is 0 Å². The molecule has 1 aromatic carbocycles. The van der Waals surface area contributed by atoms with Crippen LogP contribution in [0.1, 0.15) is 10.4 Å². The molecular weight excluding hydrogens is 284 g/mol. The molecule has 0 aliphatic carbocycles. The molecule has 1 heterocycles. The number of anilines is 1. The molecule has 0 radical (unpaired) electrons. The second-order valence-corrected chi connectivity index (χ2v) is 4.26. The Bertz CT molecular complexity index is 543. The van der Waals surface area contributed by atoms with Crippen LogP contribution in [0.2, 0.25) is 0 Å². The van der Waals surface area contributed by atoms with Crippen molar-refractivity contribution in [3.63, 3.8) is 0 Å². The first kappa shape index (κ1) is 11.6. The highest BCUT2D eigenvalue weighted by molar-refractivity contribution is 9.10. The van der Waals surface area contributed by atoms with E-state index in [1.54, 1.807) is 24.3 Å². The molecule has 17 heavy (non-hydrogen) atoms. The lowest BCUT2D eigenvalue weighted by molar-refractivity contribution is 0.102. The predicted octanol–water partition coefficient (Wildman–Crippen LogP) is 2.80. The van der Waals surface area contributed by atoms with Gasteiger partial charge in [-0.15, -0.1) is 0 Å². The van der Waals surface area contributed by atoms with E-state index in [0.29, 0.717) is 10.0 Å². The fourth-order valence-corrected chi connectivity index (χ4v) is 1.61. The number of carbonyl (C=O) groups excluding carboxylic acids is 1. The van der Waals surface area contributed by atoms with Crippen molar-refractivity contribution in [2.75, 3.05) is 5.32 Å². The smallest absolute Gasteiger partial charge is 0.256 e. The number of hydrogen-bond acceptors (Lipinski definition) is 3. The van der Waals surface area contributed by atoms with Crippen molar-refractivity contribution in [3.05, 3.63) is 52.6 Å². The minimum Gasteiger partial charge on any atom is -0.504 e. The molecule has 0 aliphatic heterocycles. The van der Waals surface area contributed by atoms with E-state index in [0.717, 1.165) is 0 Å². The number of rotatable bonds is 2. The summed E-state index contributed by atoms with van der Waals surface area (Å²) in [5.74, 6) is -0.249. The molecule has 2 aromatic rings. The highest BCUT2D eigenvalue weighted by atomic mass is 79.9. The fraction of sp³-hybridized carbons (Fsp3) is 0. The lowest BCUT2D eigenvalue weighted by Crippen LogP contribution is -2.12. The maximum atomic E-state index is 11.8. The molecule has 2 rings (SSSR count). The molecule has 0 bridgehead atoms. The molecule has 2 N–H and O–H groups in total. The van der Waals surface area contributed by atoms with Crippen LogP contribution in [-0.4, -0.2) is 16.0 Å². The Kier molecular flexibility index (Phi) is 3.39. The van der Waals surface area contributed by atoms with Crippen LogP contribution in [0, 0.1) is 0 Å². The topological polar surface area (TPSA) is 62.2 Å². The van der Waals surface area contributed by atoms with Crippen molar-refractivity contribution < 1.29 is 9.90 Å². The van der Waals surface area contributed by atoms with E-state index in [-0.39, 0.29) is 17.5 Å². The number of benzene rings is 1. The maximum absolute atomic E-state index is 11.8. The third kappa shape index (κ3) is 2.82. The summed E-state index contributed by atoms with van der Waals surface area (Å²) in [6.07, 6.45) is 1.50. The summed E-state index contributed by atoms with van der Waals surface area (Å²) in [4.78, 5) is 15.7. The van der Waals surface area contributed by atoms with Crippen molar-refractivity contribution in [3.8, 4) is 5.75 Å². The number of aromatic nitrogens is 1. The number of nitrogens with one attached hydrogen (secondary N) is 1. The van der Waals surface area contributed by atoms with Crippen LogP contribution in [0.15, 0.2) is 47.1 Å². The summed E-state index contributed by atoms with van der Waals surface area (Å²) < 4.78 is 0.646. The van der Waals surface area contributed by atoms with E-state index in [1.165, 1.54) is 12.3 Å². The minimum absolute atomic E-state index is 0.0799. The molecule has 0 unspecified atom stereocenters. The number of carbonyl (C=O) groups is 1. The SMILES string of the molecule is O=C(Nc1ncc(Br)cc1O)c1ccccc1. The Morgan fingerprint density at radius 2 is 2.00 bits per heavy atom. The zero-order chi connectivity index (χ0) is 12.3. The van der Waals surface area contributed by atoms with E-state index < -0.39 is 0 Å². The van der Waals surface area contributed by atoms with Crippen LogP contribution in [-0.2, 0) is 0 Å². The van der Waals surface area contributed by atoms with Crippen molar-refractivity contribution in [2.45, 2.75) is 0 Å². The molecule has 0 atom stereocenters. The largest absolute Gasteiger partial charge is 0.504 e. The van der Waals surface area contributed by atoms with E-state index in [1.807, 2.05) is 6.07 Å². The van der Waals surface area contributed by atoms with Gasteiger partial charge in [0.1, 0.15) is 0 Å². The van der Waals surface area contributed by atoms with Crippen LogP contribution in [0.5, 0.6) is 5.75 Å². The summed E-state index contributed by atoms with van der Waals surface area (Å²) in [6.45, 7) is 0. The number of pyridine rings is 1. The highest BCUT2D eigenvalue weighted by Crippen LogP contribution is 2.24. The van der Waals surface area contributed by atoms with Crippen LogP contribution in [0.3, 0.4) is 0 Å². The number of halogens is 1. The Labute approximate surface area is 106 Å². The molecule has 0 saturated carbocycles. The molecular formula is C12H9BrN2O2. The van der Waals surface area contributed by atoms with Gasteiger partial charge in [-0.2, -0.15) is 0 Å². The number of nitrogens with zero attached hydrogens (tertiary/aromatic N) is 1. The summed E-state index contributed by atoms with van der Waals surface area (Å²) in [6, 6.07) is 10.2. The van der Waals surface area contributed by atoms with Gasteiger partial charge in [0.25, 0.3) is 5.91 Å². The third-order valence-corrected chi connectivity index (χ3v) is 2.54. The average Bonchev–Trinajstić information content (AvgIpc) is 2.34. The molecule has 86 valence electrons. The van der Waals surface area contributed by atoms with E-state index in [9.17, 15) is 9.90 Å². The van der Waals surface area contributed by atoms with Gasteiger partial charge in [-0.25, -0.2) is 4.98 Å². The summed E-state index contributed by atoms with van der Waals surface area (Å²) >= 11 is 3.17. The molecule has 5 heteroatoms. The normalized spacial score (nSPS) is 9.94. The standard InChI is InChI=1S/C12H9BrN2O2/c13-9-6-10(16)11(14-7-9)15-12(17)8-4-2-1-3-5-8/h1-7,16H,(H,14,15,17). The summed E-state index contributed by atoms with van der Waals surface area (Å²) in [5, 5.41) is 12.1. The maximum Gasteiger partial charge on any atom is 0.256 e.